The molecule has 67 heavy (non-hydrogen) atoms. The number of hydrogen-bond acceptors (Lipinski definition) is 5. The minimum atomic E-state index is -4.36. The first-order chi connectivity index (χ1) is 32.5. The number of aliphatic hydroxyl groups excluding tert-OH is 1. The second kappa shape index (κ2) is 49.7. The van der Waals surface area contributed by atoms with E-state index >= 15 is 0 Å². The number of unbranched alkanes of at least 4 members (excludes halogenated alkanes) is 36. The first-order valence-corrected chi connectivity index (χ1v) is 30.4. The SMILES string of the molecule is CCCCCCCCCCCCCC/C=C\CCCCCCCCCC(=O)NC(COP(=O)(O)OCC[N+](C)(C)C)C(O)/C=C/CC/C=C/CCCCCCCCCCCCCCCCCC. The van der Waals surface area contributed by atoms with Crippen molar-refractivity contribution in [1.82, 2.24) is 5.32 Å². The number of carbonyl (C=O) groups is 1. The van der Waals surface area contributed by atoms with Crippen molar-refractivity contribution in [3.8, 4) is 0 Å². The third-order valence-electron chi connectivity index (χ3n) is 13.1. The minimum absolute atomic E-state index is 0.0559. The van der Waals surface area contributed by atoms with E-state index in [4.69, 9.17) is 9.05 Å². The van der Waals surface area contributed by atoms with Crippen LogP contribution in [-0.4, -0.2) is 73.4 Å². The van der Waals surface area contributed by atoms with Crippen LogP contribution in [0.25, 0.3) is 0 Å². The van der Waals surface area contributed by atoms with Crippen molar-refractivity contribution in [2.45, 2.75) is 289 Å². The molecule has 0 spiro atoms. The molecule has 0 rings (SSSR count). The summed E-state index contributed by atoms with van der Waals surface area (Å²) >= 11 is 0. The average Bonchev–Trinajstić information content (AvgIpc) is 3.29. The van der Waals surface area contributed by atoms with Crippen LogP contribution in [0.1, 0.15) is 277 Å². The molecule has 396 valence electrons. The van der Waals surface area contributed by atoms with E-state index < -0.39 is 20.0 Å². The van der Waals surface area contributed by atoms with E-state index in [-0.39, 0.29) is 19.1 Å². The Hall–Kier alpha value is -1.28. The second-order valence-corrected chi connectivity index (χ2v) is 22.5. The standard InChI is InChI=1S/C58H113N2O6P/c1-6-8-10-12-14-16-18-20-22-24-26-28-30-32-34-36-38-40-42-44-46-48-50-52-58(62)59-56(55-66-67(63,64)65-54-53-60(3,4)5)57(61)51-49-47-45-43-41-39-37-35-33-31-29-27-25-23-21-19-17-15-13-11-9-7-2/h32,34,41,43,49,51,56-57,61H,6-31,33,35-40,42,44-48,50,52-55H2,1-5H3,(H-,59,62,63,64)/p+1/b34-32-,43-41+,51-49+. The van der Waals surface area contributed by atoms with Gasteiger partial charge in [0.15, 0.2) is 0 Å². The average molecular weight is 967 g/mol. The van der Waals surface area contributed by atoms with Crippen molar-refractivity contribution in [2.75, 3.05) is 40.9 Å². The van der Waals surface area contributed by atoms with Gasteiger partial charge in [-0.05, 0) is 57.8 Å². The molecule has 0 aliphatic carbocycles. The quantitative estimate of drug-likeness (QED) is 0.0243. The number of nitrogens with one attached hydrogen (secondary N) is 1. The van der Waals surface area contributed by atoms with Gasteiger partial charge in [-0.1, -0.05) is 249 Å². The summed E-state index contributed by atoms with van der Waals surface area (Å²) in [6.07, 6.45) is 63.9. The summed E-state index contributed by atoms with van der Waals surface area (Å²) < 4.78 is 23.7. The number of carbonyl (C=O) groups excluding carboxylic acids is 1. The van der Waals surface area contributed by atoms with Crippen LogP contribution in [0.3, 0.4) is 0 Å². The van der Waals surface area contributed by atoms with Gasteiger partial charge >= 0.3 is 7.82 Å². The third kappa shape index (κ3) is 52.4. The number of aliphatic hydroxyl groups is 1. The molecule has 0 saturated carbocycles. The van der Waals surface area contributed by atoms with Gasteiger partial charge in [0.1, 0.15) is 13.2 Å². The molecule has 3 unspecified atom stereocenters. The Kier molecular flexibility index (Phi) is 48.7. The zero-order valence-electron chi connectivity index (χ0n) is 45.2. The predicted octanol–water partition coefficient (Wildman–Crippen LogP) is 17.4. The van der Waals surface area contributed by atoms with Gasteiger partial charge < -0.3 is 19.8 Å². The van der Waals surface area contributed by atoms with Crippen LogP contribution < -0.4 is 5.32 Å². The highest BCUT2D eigenvalue weighted by molar-refractivity contribution is 7.47. The van der Waals surface area contributed by atoms with Gasteiger partial charge in [-0.25, -0.2) is 4.57 Å². The molecule has 0 radical (unpaired) electrons. The van der Waals surface area contributed by atoms with Gasteiger partial charge in [0, 0.05) is 6.42 Å². The molecule has 3 atom stereocenters. The highest BCUT2D eigenvalue weighted by Gasteiger charge is 2.27. The summed E-state index contributed by atoms with van der Waals surface area (Å²) in [5.41, 5.74) is 0. The van der Waals surface area contributed by atoms with Gasteiger partial charge in [-0.3, -0.25) is 13.8 Å². The highest BCUT2D eigenvalue weighted by atomic mass is 31.2. The van der Waals surface area contributed by atoms with Crippen molar-refractivity contribution in [1.29, 1.82) is 0 Å². The Morgan fingerprint density at radius 3 is 1.19 bits per heavy atom. The smallest absolute Gasteiger partial charge is 0.387 e. The number of phosphoric acid groups is 1. The number of nitrogens with zero attached hydrogens (tertiary/aromatic N) is 1. The van der Waals surface area contributed by atoms with Gasteiger partial charge in [-0.15, -0.1) is 0 Å². The van der Waals surface area contributed by atoms with E-state index in [1.54, 1.807) is 6.08 Å². The van der Waals surface area contributed by atoms with Crippen molar-refractivity contribution in [2.24, 2.45) is 0 Å². The van der Waals surface area contributed by atoms with Crippen LogP contribution in [0, 0.1) is 0 Å². The molecule has 0 aromatic rings. The Bertz CT molecular complexity index is 1190. The Balaban J connectivity index is 4.26. The fourth-order valence-electron chi connectivity index (χ4n) is 8.53. The second-order valence-electron chi connectivity index (χ2n) is 21.0. The Morgan fingerprint density at radius 1 is 0.493 bits per heavy atom. The van der Waals surface area contributed by atoms with E-state index in [2.05, 4.69) is 43.5 Å². The van der Waals surface area contributed by atoms with Crippen molar-refractivity contribution in [3.63, 3.8) is 0 Å². The van der Waals surface area contributed by atoms with Crippen molar-refractivity contribution >= 4 is 13.7 Å². The lowest BCUT2D eigenvalue weighted by molar-refractivity contribution is -0.870. The fourth-order valence-corrected chi connectivity index (χ4v) is 9.26. The molecular formula is C58H114N2O6P+. The zero-order chi connectivity index (χ0) is 49.2. The fraction of sp³-hybridized carbons (Fsp3) is 0.879. The van der Waals surface area contributed by atoms with Crippen LogP contribution in [-0.2, 0) is 18.4 Å². The monoisotopic (exact) mass is 966 g/mol. The number of amides is 1. The number of allylic oxidation sites excluding steroid dienone is 5. The van der Waals surface area contributed by atoms with Crippen molar-refractivity contribution in [3.05, 3.63) is 36.5 Å². The number of hydrogen-bond donors (Lipinski definition) is 3. The zero-order valence-corrected chi connectivity index (χ0v) is 46.0. The molecule has 1 amide bonds. The molecule has 9 heteroatoms. The molecule has 0 aliphatic heterocycles. The number of rotatable bonds is 53. The summed E-state index contributed by atoms with van der Waals surface area (Å²) in [5.74, 6) is -0.188. The van der Waals surface area contributed by atoms with E-state index in [1.807, 2.05) is 27.2 Å². The maximum atomic E-state index is 13.0. The van der Waals surface area contributed by atoms with Gasteiger partial charge in [0.25, 0.3) is 0 Å². The minimum Gasteiger partial charge on any atom is -0.387 e. The van der Waals surface area contributed by atoms with Crippen LogP contribution in [0.5, 0.6) is 0 Å². The Labute approximate surface area is 417 Å². The van der Waals surface area contributed by atoms with Crippen LogP contribution >= 0.6 is 7.82 Å². The molecular weight excluding hydrogens is 852 g/mol. The largest absolute Gasteiger partial charge is 0.472 e. The lowest BCUT2D eigenvalue weighted by atomic mass is 10.0. The summed E-state index contributed by atoms with van der Waals surface area (Å²) in [7, 11) is 1.56. The number of phosphoric ester groups is 1. The summed E-state index contributed by atoms with van der Waals surface area (Å²) in [6.45, 7) is 4.83. The van der Waals surface area contributed by atoms with Gasteiger partial charge in [0.05, 0.1) is 39.9 Å². The van der Waals surface area contributed by atoms with E-state index in [0.717, 1.165) is 38.5 Å². The topological polar surface area (TPSA) is 105 Å². The molecule has 8 nitrogen and oxygen atoms in total. The maximum Gasteiger partial charge on any atom is 0.472 e. The van der Waals surface area contributed by atoms with Gasteiger partial charge in [-0.2, -0.15) is 0 Å². The molecule has 0 aliphatic rings. The molecule has 0 bridgehead atoms. The molecule has 0 fully saturated rings. The molecule has 0 aromatic heterocycles. The lowest BCUT2D eigenvalue weighted by Gasteiger charge is -2.25. The van der Waals surface area contributed by atoms with Gasteiger partial charge in [0.2, 0.25) is 5.91 Å². The first kappa shape index (κ1) is 65.7. The van der Waals surface area contributed by atoms with E-state index in [0.29, 0.717) is 17.4 Å². The number of likely N-dealkylation sites (N-methyl/N-ethyl adjacent to an activating group) is 1. The van der Waals surface area contributed by atoms with Crippen molar-refractivity contribution < 1.29 is 32.9 Å². The normalized spacial score (nSPS) is 14.2. The molecule has 0 aromatic carbocycles. The van der Waals surface area contributed by atoms with Crippen LogP contribution in [0.4, 0.5) is 0 Å². The lowest BCUT2D eigenvalue weighted by Crippen LogP contribution is -2.45. The maximum absolute atomic E-state index is 13.0. The van der Waals surface area contributed by atoms with E-state index in [1.165, 1.54) is 218 Å². The molecule has 0 heterocycles. The van der Waals surface area contributed by atoms with Crippen LogP contribution in [0.15, 0.2) is 36.5 Å². The molecule has 3 N–H and O–H groups in total. The molecule has 0 saturated heterocycles. The third-order valence-corrected chi connectivity index (χ3v) is 14.1. The summed E-state index contributed by atoms with van der Waals surface area (Å²) in [4.78, 5) is 23.3. The van der Waals surface area contributed by atoms with E-state index in [9.17, 15) is 19.4 Å². The predicted molar refractivity (Wildman–Crippen MR) is 291 cm³/mol. The Morgan fingerprint density at radius 2 is 0.821 bits per heavy atom. The summed E-state index contributed by atoms with van der Waals surface area (Å²) in [6, 6.07) is -0.866. The number of quaternary nitrogens is 1. The highest BCUT2D eigenvalue weighted by Crippen LogP contribution is 2.43. The summed E-state index contributed by atoms with van der Waals surface area (Å²) in [5, 5.41) is 13.9. The van der Waals surface area contributed by atoms with Crippen LogP contribution in [0.2, 0.25) is 0 Å². The first-order valence-electron chi connectivity index (χ1n) is 28.9.